The highest BCUT2D eigenvalue weighted by Gasteiger charge is 2.22. The summed E-state index contributed by atoms with van der Waals surface area (Å²) in [5, 5.41) is 4.75. The van der Waals surface area contributed by atoms with Gasteiger partial charge in [0.25, 0.3) is 5.91 Å². The molecule has 0 aliphatic carbocycles. The van der Waals surface area contributed by atoms with Crippen LogP contribution in [0.5, 0.6) is 5.88 Å². The van der Waals surface area contributed by atoms with Crippen molar-refractivity contribution in [3.8, 4) is 17.1 Å². The molecule has 0 unspecified atom stereocenters. The van der Waals surface area contributed by atoms with E-state index in [9.17, 15) is 4.79 Å². The Morgan fingerprint density at radius 3 is 2.63 bits per heavy atom. The molecule has 0 radical (unpaired) electrons. The van der Waals surface area contributed by atoms with E-state index in [1.807, 2.05) is 9.58 Å². The molecule has 1 aromatic carbocycles. The minimum Gasteiger partial charge on any atom is -0.481 e. The van der Waals surface area contributed by atoms with Crippen molar-refractivity contribution in [2.75, 3.05) is 13.7 Å². The highest BCUT2D eigenvalue weighted by Crippen LogP contribution is 2.23. The fraction of sp³-hybridized carbons (Fsp3) is 0.286. The van der Waals surface area contributed by atoms with E-state index in [2.05, 4.69) is 42.2 Å². The van der Waals surface area contributed by atoms with Gasteiger partial charge in [-0.2, -0.15) is 5.10 Å². The molecule has 4 rings (SSSR count). The molecule has 0 saturated heterocycles. The minimum atomic E-state index is -0.0170. The minimum absolute atomic E-state index is 0.0170. The second-order valence-electron chi connectivity index (χ2n) is 6.78. The molecule has 0 N–H and O–H groups in total. The number of carbonyl (C=O) groups is 1. The van der Waals surface area contributed by atoms with E-state index in [-0.39, 0.29) is 5.91 Å². The van der Waals surface area contributed by atoms with E-state index in [1.165, 1.54) is 5.56 Å². The summed E-state index contributed by atoms with van der Waals surface area (Å²) in [5.41, 5.74) is 4.90. The van der Waals surface area contributed by atoms with Gasteiger partial charge in [0, 0.05) is 30.9 Å². The maximum atomic E-state index is 12.9. The molecule has 138 valence electrons. The van der Waals surface area contributed by atoms with Crippen molar-refractivity contribution in [2.24, 2.45) is 0 Å². The summed E-state index contributed by atoms with van der Waals surface area (Å²) < 4.78 is 7.09. The summed E-state index contributed by atoms with van der Waals surface area (Å²) >= 11 is 0. The molecule has 0 fully saturated rings. The monoisotopic (exact) mass is 362 g/mol. The second-order valence-corrected chi connectivity index (χ2v) is 6.78. The van der Waals surface area contributed by atoms with E-state index in [0.717, 1.165) is 29.9 Å². The van der Waals surface area contributed by atoms with E-state index >= 15 is 0 Å². The van der Waals surface area contributed by atoms with Crippen LogP contribution in [0.25, 0.3) is 11.3 Å². The Kier molecular flexibility index (Phi) is 4.62. The molecule has 1 aliphatic heterocycles. The van der Waals surface area contributed by atoms with Crippen molar-refractivity contribution in [1.82, 2.24) is 19.7 Å². The van der Waals surface area contributed by atoms with Crippen LogP contribution in [-0.2, 0) is 13.1 Å². The van der Waals surface area contributed by atoms with Gasteiger partial charge in [-0.3, -0.25) is 9.48 Å². The van der Waals surface area contributed by atoms with Gasteiger partial charge >= 0.3 is 0 Å². The zero-order valence-electron chi connectivity index (χ0n) is 15.6. The molecule has 6 heteroatoms. The zero-order chi connectivity index (χ0) is 18.8. The molecule has 1 aliphatic rings. The van der Waals surface area contributed by atoms with Gasteiger partial charge in [0.05, 0.1) is 30.6 Å². The van der Waals surface area contributed by atoms with Gasteiger partial charge in [0.2, 0.25) is 5.88 Å². The van der Waals surface area contributed by atoms with Crippen molar-refractivity contribution in [3.05, 3.63) is 65.5 Å². The van der Waals surface area contributed by atoms with E-state index < -0.39 is 0 Å². The van der Waals surface area contributed by atoms with Gasteiger partial charge in [-0.15, -0.1) is 0 Å². The summed E-state index contributed by atoms with van der Waals surface area (Å²) in [6.45, 7) is 4.13. The smallest absolute Gasteiger partial charge is 0.255 e. The number of fused-ring (bicyclic) bond motifs is 1. The number of amides is 1. The maximum absolute atomic E-state index is 12.9. The molecule has 27 heavy (non-hydrogen) atoms. The molecular weight excluding hydrogens is 340 g/mol. The van der Waals surface area contributed by atoms with Crippen LogP contribution in [0.15, 0.2) is 48.7 Å². The summed E-state index contributed by atoms with van der Waals surface area (Å²) in [4.78, 5) is 18.9. The number of ether oxygens (including phenoxy) is 1. The fourth-order valence-corrected chi connectivity index (χ4v) is 3.31. The van der Waals surface area contributed by atoms with Crippen LogP contribution in [0.2, 0.25) is 0 Å². The van der Waals surface area contributed by atoms with Crippen molar-refractivity contribution in [3.63, 3.8) is 0 Å². The first-order valence-electron chi connectivity index (χ1n) is 9.07. The predicted octanol–water partition coefficient (Wildman–Crippen LogP) is 3.31. The number of benzene rings is 1. The Hall–Kier alpha value is -3.15. The molecule has 6 nitrogen and oxygen atoms in total. The third-order valence-corrected chi connectivity index (χ3v) is 4.84. The lowest BCUT2D eigenvalue weighted by molar-refractivity contribution is 0.0745. The summed E-state index contributed by atoms with van der Waals surface area (Å²) in [6.07, 6.45) is 2.44. The Bertz CT molecular complexity index is 945. The molecule has 0 bridgehead atoms. The number of methoxy groups -OCH3 is 1. The van der Waals surface area contributed by atoms with E-state index in [0.29, 0.717) is 24.5 Å². The average molecular weight is 362 g/mol. The van der Waals surface area contributed by atoms with E-state index in [1.54, 1.807) is 25.4 Å². The Labute approximate surface area is 158 Å². The number of hydrogen-bond acceptors (Lipinski definition) is 4. The SMILES string of the molecule is COc1ccc(C(=O)N2CCCn3nc(-c4ccc(C)cc4)cc3C2)cn1. The molecule has 0 spiro atoms. The quantitative estimate of drug-likeness (QED) is 0.717. The number of hydrogen-bond donors (Lipinski definition) is 0. The standard InChI is InChI=1S/C21H22N4O2/c1-15-4-6-16(7-5-15)19-12-18-14-24(10-3-11-25(18)23-19)21(26)17-8-9-20(27-2)22-13-17/h4-9,12-13H,3,10-11,14H2,1-2H3. The van der Waals surface area contributed by atoms with Crippen LogP contribution >= 0.6 is 0 Å². The van der Waals surface area contributed by atoms with Crippen LogP contribution in [0.4, 0.5) is 0 Å². The summed E-state index contributed by atoms with van der Waals surface area (Å²) in [5.74, 6) is 0.486. The van der Waals surface area contributed by atoms with Gasteiger partial charge in [-0.25, -0.2) is 4.98 Å². The first-order chi connectivity index (χ1) is 13.1. The summed E-state index contributed by atoms with van der Waals surface area (Å²) in [7, 11) is 1.56. The molecule has 1 amide bonds. The van der Waals surface area contributed by atoms with Crippen molar-refractivity contribution in [2.45, 2.75) is 26.4 Å². The molecular formula is C21H22N4O2. The number of aromatic nitrogens is 3. The molecule has 3 heterocycles. The summed E-state index contributed by atoms with van der Waals surface area (Å²) in [6, 6.07) is 13.9. The van der Waals surface area contributed by atoms with Crippen LogP contribution in [0.1, 0.15) is 28.0 Å². The first-order valence-corrected chi connectivity index (χ1v) is 9.07. The highest BCUT2D eigenvalue weighted by molar-refractivity contribution is 5.94. The van der Waals surface area contributed by atoms with Crippen molar-refractivity contribution in [1.29, 1.82) is 0 Å². The van der Waals surface area contributed by atoms with Crippen LogP contribution in [-0.4, -0.2) is 39.2 Å². The largest absolute Gasteiger partial charge is 0.481 e. The zero-order valence-corrected chi connectivity index (χ0v) is 15.6. The number of nitrogens with zero attached hydrogens (tertiary/aromatic N) is 4. The lowest BCUT2D eigenvalue weighted by Crippen LogP contribution is -2.30. The van der Waals surface area contributed by atoms with E-state index in [4.69, 9.17) is 9.84 Å². The third-order valence-electron chi connectivity index (χ3n) is 4.84. The lowest BCUT2D eigenvalue weighted by atomic mass is 10.1. The van der Waals surface area contributed by atoms with Gasteiger partial charge in [0.15, 0.2) is 0 Å². The number of aryl methyl sites for hydroxylation is 2. The van der Waals surface area contributed by atoms with Gasteiger partial charge in [-0.05, 0) is 25.5 Å². The Balaban J connectivity index is 1.56. The van der Waals surface area contributed by atoms with Gasteiger partial charge < -0.3 is 9.64 Å². The fourth-order valence-electron chi connectivity index (χ4n) is 3.31. The third kappa shape index (κ3) is 3.56. The predicted molar refractivity (Wildman–Crippen MR) is 103 cm³/mol. The second kappa shape index (κ2) is 7.23. The highest BCUT2D eigenvalue weighted by atomic mass is 16.5. The van der Waals surface area contributed by atoms with Crippen LogP contribution < -0.4 is 4.74 Å². The van der Waals surface area contributed by atoms with Gasteiger partial charge in [0.1, 0.15) is 0 Å². The van der Waals surface area contributed by atoms with Crippen molar-refractivity contribution >= 4 is 5.91 Å². The Morgan fingerprint density at radius 1 is 1.11 bits per heavy atom. The van der Waals surface area contributed by atoms with Crippen LogP contribution in [0, 0.1) is 6.92 Å². The maximum Gasteiger partial charge on any atom is 0.255 e. The Morgan fingerprint density at radius 2 is 1.93 bits per heavy atom. The molecule has 2 aromatic heterocycles. The molecule has 0 saturated carbocycles. The number of rotatable bonds is 3. The molecule has 3 aromatic rings. The topological polar surface area (TPSA) is 60.2 Å². The number of carbonyl (C=O) groups excluding carboxylic acids is 1. The number of pyridine rings is 1. The molecule has 0 atom stereocenters. The van der Waals surface area contributed by atoms with Crippen molar-refractivity contribution < 1.29 is 9.53 Å². The van der Waals surface area contributed by atoms with Gasteiger partial charge in [-0.1, -0.05) is 29.8 Å². The van der Waals surface area contributed by atoms with Crippen LogP contribution in [0.3, 0.4) is 0 Å². The normalized spacial score (nSPS) is 13.8. The average Bonchev–Trinajstić information content (AvgIpc) is 2.99. The lowest BCUT2D eigenvalue weighted by Gasteiger charge is -2.20. The first kappa shape index (κ1) is 17.3.